The molecule has 0 spiro atoms. The van der Waals surface area contributed by atoms with Gasteiger partial charge in [-0.3, -0.25) is 0 Å². The molecular weight excluding hydrogens is 390 g/mol. The summed E-state index contributed by atoms with van der Waals surface area (Å²) in [6.07, 6.45) is 0.808. The molecular formula is C14H15Br2NOS. The summed E-state index contributed by atoms with van der Waals surface area (Å²) in [5.41, 5.74) is 7.02. The van der Waals surface area contributed by atoms with Crippen molar-refractivity contribution >= 4 is 43.2 Å². The van der Waals surface area contributed by atoms with E-state index in [1.165, 1.54) is 4.88 Å². The summed E-state index contributed by atoms with van der Waals surface area (Å²) in [6.45, 7) is 2.58. The van der Waals surface area contributed by atoms with Crippen LogP contribution in [0.4, 0.5) is 0 Å². The van der Waals surface area contributed by atoms with Crippen LogP contribution < -0.4 is 10.5 Å². The molecule has 1 unspecified atom stereocenters. The Morgan fingerprint density at radius 3 is 2.68 bits per heavy atom. The van der Waals surface area contributed by atoms with Gasteiger partial charge in [0.25, 0.3) is 0 Å². The Kier molecular flexibility index (Phi) is 5.45. The predicted molar refractivity (Wildman–Crippen MR) is 87.8 cm³/mol. The van der Waals surface area contributed by atoms with E-state index in [1.54, 1.807) is 11.3 Å². The summed E-state index contributed by atoms with van der Waals surface area (Å²) in [4.78, 5) is 1.19. The second-order valence-electron chi connectivity index (χ2n) is 4.40. The zero-order valence-electron chi connectivity index (χ0n) is 10.5. The molecule has 0 fully saturated rings. The minimum atomic E-state index is 0.118. The number of thiophene rings is 1. The highest BCUT2D eigenvalue weighted by molar-refractivity contribution is 9.11. The molecule has 0 amide bonds. The number of nitrogens with two attached hydrogens (primary N) is 1. The van der Waals surface area contributed by atoms with E-state index in [1.807, 2.05) is 25.1 Å². The van der Waals surface area contributed by atoms with Crippen LogP contribution in [0.1, 0.15) is 17.4 Å². The summed E-state index contributed by atoms with van der Waals surface area (Å²) in [6, 6.07) is 10.3. The third-order valence-corrected chi connectivity index (χ3v) is 4.80. The van der Waals surface area contributed by atoms with E-state index in [4.69, 9.17) is 10.5 Å². The fourth-order valence-electron chi connectivity index (χ4n) is 1.80. The van der Waals surface area contributed by atoms with Gasteiger partial charge in [0.05, 0.1) is 8.26 Å². The first-order valence-electron chi connectivity index (χ1n) is 5.96. The number of rotatable bonds is 5. The van der Waals surface area contributed by atoms with E-state index in [0.29, 0.717) is 6.61 Å². The van der Waals surface area contributed by atoms with Crippen molar-refractivity contribution in [2.24, 2.45) is 5.73 Å². The van der Waals surface area contributed by atoms with Crippen LogP contribution in [0.3, 0.4) is 0 Å². The molecule has 19 heavy (non-hydrogen) atoms. The van der Waals surface area contributed by atoms with Crippen molar-refractivity contribution in [3.8, 4) is 5.75 Å². The van der Waals surface area contributed by atoms with E-state index >= 15 is 0 Å². The lowest BCUT2D eigenvalue weighted by Gasteiger charge is -2.14. The van der Waals surface area contributed by atoms with Crippen LogP contribution in [-0.2, 0) is 13.0 Å². The van der Waals surface area contributed by atoms with E-state index in [0.717, 1.165) is 26.0 Å². The minimum Gasteiger partial charge on any atom is -0.487 e. The first kappa shape index (κ1) is 15.0. The molecule has 0 aliphatic carbocycles. The Labute approximate surface area is 134 Å². The van der Waals surface area contributed by atoms with Crippen LogP contribution in [0.25, 0.3) is 0 Å². The van der Waals surface area contributed by atoms with Crippen molar-refractivity contribution < 1.29 is 4.74 Å². The number of para-hydroxylation sites is 1. The average Bonchev–Trinajstić information content (AvgIpc) is 2.73. The Morgan fingerprint density at radius 2 is 2.05 bits per heavy atom. The molecule has 0 saturated heterocycles. The molecule has 0 aliphatic heterocycles. The van der Waals surface area contributed by atoms with Crippen molar-refractivity contribution in [3.05, 3.63) is 49.0 Å². The fraction of sp³-hybridized carbons (Fsp3) is 0.286. The quantitative estimate of drug-likeness (QED) is 0.780. The zero-order valence-corrected chi connectivity index (χ0v) is 14.5. The number of ether oxygens (including phenoxy) is 1. The second kappa shape index (κ2) is 6.88. The van der Waals surface area contributed by atoms with Gasteiger partial charge in [0.2, 0.25) is 0 Å². The van der Waals surface area contributed by atoms with Crippen molar-refractivity contribution in [1.82, 2.24) is 0 Å². The van der Waals surface area contributed by atoms with Gasteiger partial charge in [-0.25, -0.2) is 0 Å². The third kappa shape index (κ3) is 4.31. The van der Waals surface area contributed by atoms with Gasteiger partial charge in [-0.15, -0.1) is 11.3 Å². The van der Waals surface area contributed by atoms with Gasteiger partial charge in [-0.05, 0) is 69.0 Å². The van der Waals surface area contributed by atoms with Crippen LogP contribution in [0.15, 0.2) is 38.6 Å². The molecule has 1 aromatic carbocycles. The standard InChI is InChI=1S/C14H15Br2NOS/c1-9(17)7-10-3-2-4-12(15)14(10)18-8-11-5-6-13(16)19-11/h2-6,9H,7-8,17H2,1H3. The van der Waals surface area contributed by atoms with Gasteiger partial charge in [0.1, 0.15) is 12.4 Å². The number of halogens is 2. The highest BCUT2D eigenvalue weighted by atomic mass is 79.9. The number of hydrogen-bond acceptors (Lipinski definition) is 3. The van der Waals surface area contributed by atoms with Gasteiger partial charge in [0.15, 0.2) is 0 Å². The highest BCUT2D eigenvalue weighted by Crippen LogP contribution is 2.31. The minimum absolute atomic E-state index is 0.118. The van der Waals surface area contributed by atoms with Crippen molar-refractivity contribution in [3.63, 3.8) is 0 Å². The summed E-state index contributed by atoms with van der Waals surface area (Å²) in [7, 11) is 0. The van der Waals surface area contributed by atoms with Crippen LogP contribution in [-0.4, -0.2) is 6.04 Å². The Bertz CT molecular complexity index is 554. The van der Waals surface area contributed by atoms with Crippen molar-refractivity contribution in [2.45, 2.75) is 26.0 Å². The molecule has 0 aliphatic rings. The molecule has 5 heteroatoms. The molecule has 0 bridgehead atoms. The lowest BCUT2D eigenvalue weighted by Crippen LogP contribution is -2.18. The SMILES string of the molecule is CC(N)Cc1cccc(Br)c1OCc1ccc(Br)s1. The second-order valence-corrected chi connectivity index (χ2v) is 7.81. The summed E-state index contributed by atoms with van der Waals surface area (Å²) >= 11 is 8.69. The summed E-state index contributed by atoms with van der Waals surface area (Å²) < 4.78 is 8.05. The maximum absolute atomic E-state index is 5.96. The smallest absolute Gasteiger partial charge is 0.137 e. The third-order valence-electron chi connectivity index (χ3n) is 2.58. The van der Waals surface area contributed by atoms with E-state index in [-0.39, 0.29) is 6.04 Å². The molecule has 2 aromatic rings. The van der Waals surface area contributed by atoms with Crippen LogP contribution in [0, 0.1) is 0 Å². The van der Waals surface area contributed by atoms with Crippen molar-refractivity contribution in [1.29, 1.82) is 0 Å². The Balaban J connectivity index is 2.14. The Hall–Kier alpha value is -0.360. The van der Waals surface area contributed by atoms with Gasteiger partial charge in [-0.1, -0.05) is 12.1 Å². The van der Waals surface area contributed by atoms with E-state index in [9.17, 15) is 0 Å². The molecule has 2 rings (SSSR count). The summed E-state index contributed by atoms with van der Waals surface area (Å²) in [5, 5.41) is 0. The van der Waals surface area contributed by atoms with Gasteiger partial charge < -0.3 is 10.5 Å². The first-order valence-corrected chi connectivity index (χ1v) is 8.36. The van der Waals surface area contributed by atoms with E-state index < -0.39 is 0 Å². The molecule has 0 radical (unpaired) electrons. The topological polar surface area (TPSA) is 35.2 Å². The number of benzene rings is 1. The Morgan fingerprint density at radius 1 is 1.26 bits per heavy atom. The zero-order chi connectivity index (χ0) is 13.8. The molecule has 2 nitrogen and oxygen atoms in total. The first-order chi connectivity index (χ1) is 9.06. The molecule has 0 saturated carbocycles. The highest BCUT2D eigenvalue weighted by Gasteiger charge is 2.10. The van der Waals surface area contributed by atoms with Crippen LogP contribution in [0.2, 0.25) is 0 Å². The molecule has 2 N–H and O–H groups in total. The molecule has 1 heterocycles. The fourth-order valence-corrected chi connectivity index (χ4v) is 3.71. The predicted octanol–water partition coefficient (Wildman–Crippen LogP) is 4.74. The molecule has 102 valence electrons. The van der Waals surface area contributed by atoms with Gasteiger partial charge in [-0.2, -0.15) is 0 Å². The summed E-state index contributed by atoms with van der Waals surface area (Å²) in [5.74, 6) is 0.893. The monoisotopic (exact) mass is 403 g/mol. The number of hydrogen-bond donors (Lipinski definition) is 1. The lowest BCUT2D eigenvalue weighted by molar-refractivity contribution is 0.304. The van der Waals surface area contributed by atoms with E-state index in [2.05, 4.69) is 44.0 Å². The van der Waals surface area contributed by atoms with Crippen LogP contribution in [0.5, 0.6) is 5.75 Å². The largest absolute Gasteiger partial charge is 0.487 e. The normalized spacial score (nSPS) is 12.4. The maximum atomic E-state index is 5.96. The van der Waals surface area contributed by atoms with Gasteiger partial charge >= 0.3 is 0 Å². The van der Waals surface area contributed by atoms with Crippen molar-refractivity contribution in [2.75, 3.05) is 0 Å². The lowest BCUT2D eigenvalue weighted by atomic mass is 10.1. The average molecular weight is 405 g/mol. The molecule has 1 atom stereocenters. The maximum Gasteiger partial charge on any atom is 0.137 e. The van der Waals surface area contributed by atoms with Crippen LogP contribution >= 0.6 is 43.2 Å². The molecule has 1 aromatic heterocycles. The van der Waals surface area contributed by atoms with Gasteiger partial charge in [0, 0.05) is 10.9 Å².